The third kappa shape index (κ3) is 3.60. The largest absolute Gasteiger partial charge is 0.349 e. The Morgan fingerprint density at radius 3 is 2.72 bits per heavy atom. The molecule has 0 saturated heterocycles. The zero-order valence-electron chi connectivity index (χ0n) is 11.0. The van der Waals surface area contributed by atoms with Crippen LogP contribution in [0.2, 0.25) is 5.02 Å². The molecule has 0 bridgehead atoms. The van der Waals surface area contributed by atoms with E-state index in [9.17, 15) is 9.59 Å². The molecule has 0 radical (unpaired) electrons. The predicted octanol–water partition coefficient (Wildman–Crippen LogP) is 2.51. The minimum absolute atomic E-state index is 0.0333. The fourth-order valence-electron chi connectivity index (χ4n) is 1.55. The molecule has 0 aromatic carbocycles. The van der Waals surface area contributed by atoms with E-state index in [1.807, 2.05) is 20.8 Å². The number of pyridine rings is 1. The normalized spacial score (nSPS) is 12.2. The van der Waals surface area contributed by atoms with Gasteiger partial charge in [-0.3, -0.25) is 9.59 Å². The fraction of sp³-hybridized carbons (Fsp3) is 0.538. The first kappa shape index (κ1) is 14.8. The van der Waals surface area contributed by atoms with Gasteiger partial charge in [-0.05, 0) is 25.8 Å². The molecule has 1 aromatic heterocycles. The molecule has 0 spiro atoms. The lowest BCUT2D eigenvalue weighted by atomic mass is 10.1. The van der Waals surface area contributed by atoms with Crippen LogP contribution in [0.15, 0.2) is 10.9 Å². The molecule has 0 fully saturated rings. The van der Waals surface area contributed by atoms with E-state index in [-0.39, 0.29) is 23.1 Å². The molecule has 1 aromatic rings. The Kier molecular flexibility index (Phi) is 5.41. The molecule has 100 valence electrons. The van der Waals surface area contributed by atoms with E-state index < -0.39 is 0 Å². The third-order valence-corrected chi connectivity index (χ3v) is 3.14. The number of amides is 1. The van der Waals surface area contributed by atoms with Crippen molar-refractivity contribution in [3.63, 3.8) is 0 Å². The number of H-pyrrole nitrogens is 1. The van der Waals surface area contributed by atoms with Crippen molar-refractivity contribution in [1.29, 1.82) is 0 Å². The van der Waals surface area contributed by atoms with Crippen molar-refractivity contribution in [2.75, 3.05) is 0 Å². The number of aromatic nitrogens is 1. The van der Waals surface area contributed by atoms with E-state index in [1.165, 1.54) is 6.07 Å². The molecule has 1 atom stereocenters. The maximum atomic E-state index is 11.9. The first-order valence-electron chi connectivity index (χ1n) is 6.22. The van der Waals surface area contributed by atoms with Crippen LogP contribution in [-0.2, 0) is 6.42 Å². The summed E-state index contributed by atoms with van der Waals surface area (Å²) in [5.41, 5.74) is 0.369. The summed E-state index contributed by atoms with van der Waals surface area (Å²) in [5, 5.41) is 3.18. The predicted molar refractivity (Wildman–Crippen MR) is 73.3 cm³/mol. The number of carbonyl (C=O) groups is 1. The van der Waals surface area contributed by atoms with Crippen LogP contribution in [0.3, 0.4) is 0 Å². The van der Waals surface area contributed by atoms with Crippen molar-refractivity contribution in [2.45, 2.75) is 46.1 Å². The number of nitrogens with one attached hydrogen (secondary N) is 2. The van der Waals surface area contributed by atoms with Crippen LogP contribution < -0.4 is 10.9 Å². The number of rotatable bonds is 5. The fourth-order valence-corrected chi connectivity index (χ4v) is 1.80. The molecule has 0 saturated carbocycles. The highest BCUT2D eigenvalue weighted by molar-refractivity contribution is 6.31. The highest BCUT2D eigenvalue weighted by Crippen LogP contribution is 2.14. The molecule has 5 heteroatoms. The standard InChI is InChI=1S/C13H19ClN2O2/c1-4-6-11-10(14)7-9(13(18)16-11)12(17)15-8(3)5-2/h7-8H,4-6H2,1-3H3,(H,15,17)(H,16,18)/t8-/m1/s1. The van der Waals surface area contributed by atoms with E-state index >= 15 is 0 Å². The van der Waals surface area contributed by atoms with Gasteiger partial charge in [-0.15, -0.1) is 0 Å². The SMILES string of the molecule is CCCc1[nH]c(=O)c(C(=O)N[C@H](C)CC)cc1Cl. The second-order valence-corrected chi connectivity index (χ2v) is 4.78. The molecule has 18 heavy (non-hydrogen) atoms. The Labute approximate surface area is 112 Å². The van der Waals surface area contributed by atoms with Gasteiger partial charge in [0.05, 0.1) is 5.02 Å². The van der Waals surface area contributed by atoms with Crippen molar-refractivity contribution in [1.82, 2.24) is 10.3 Å². The molecule has 1 rings (SSSR count). The molecular weight excluding hydrogens is 252 g/mol. The van der Waals surface area contributed by atoms with Crippen LogP contribution >= 0.6 is 11.6 Å². The second-order valence-electron chi connectivity index (χ2n) is 4.37. The average molecular weight is 271 g/mol. The lowest BCUT2D eigenvalue weighted by Gasteiger charge is -2.11. The zero-order valence-corrected chi connectivity index (χ0v) is 11.7. The molecule has 1 heterocycles. The van der Waals surface area contributed by atoms with Gasteiger partial charge in [0.15, 0.2) is 0 Å². The van der Waals surface area contributed by atoms with Crippen molar-refractivity contribution in [3.05, 3.63) is 32.7 Å². The van der Waals surface area contributed by atoms with Crippen LogP contribution in [0.25, 0.3) is 0 Å². The van der Waals surface area contributed by atoms with Crippen molar-refractivity contribution in [2.24, 2.45) is 0 Å². The van der Waals surface area contributed by atoms with Crippen LogP contribution in [0, 0.1) is 0 Å². The van der Waals surface area contributed by atoms with E-state index in [0.717, 1.165) is 12.8 Å². The smallest absolute Gasteiger partial charge is 0.261 e. The minimum Gasteiger partial charge on any atom is -0.349 e. The van der Waals surface area contributed by atoms with Gasteiger partial charge >= 0.3 is 0 Å². The van der Waals surface area contributed by atoms with Crippen LogP contribution in [-0.4, -0.2) is 16.9 Å². The third-order valence-electron chi connectivity index (χ3n) is 2.80. The van der Waals surface area contributed by atoms with E-state index in [4.69, 9.17) is 11.6 Å². The number of aryl methyl sites for hydroxylation is 1. The summed E-state index contributed by atoms with van der Waals surface area (Å²) in [6, 6.07) is 1.48. The number of carbonyl (C=O) groups excluding carboxylic acids is 1. The summed E-state index contributed by atoms with van der Waals surface area (Å²) in [5.74, 6) is -0.379. The average Bonchev–Trinajstić information content (AvgIpc) is 2.33. The van der Waals surface area contributed by atoms with E-state index in [0.29, 0.717) is 17.1 Å². The van der Waals surface area contributed by atoms with Gasteiger partial charge in [-0.1, -0.05) is 31.9 Å². The molecule has 0 aliphatic rings. The molecule has 1 amide bonds. The summed E-state index contributed by atoms with van der Waals surface area (Å²) >= 11 is 6.04. The maximum absolute atomic E-state index is 11.9. The van der Waals surface area contributed by atoms with E-state index in [1.54, 1.807) is 0 Å². The molecule has 0 unspecified atom stereocenters. The highest BCUT2D eigenvalue weighted by Gasteiger charge is 2.15. The Morgan fingerprint density at radius 1 is 1.50 bits per heavy atom. The van der Waals surface area contributed by atoms with E-state index in [2.05, 4.69) is 10.3 Å². The van der Waals surface area contributed by atoms with Gasteiger partial charge < -0.3 is 10.3 Å². The van der Waals surface area contributed by atoms with Crippen molar-refractivity contribution >= 4 is 17.5 Å². The highest BCUT2D eigenvalue weighted by atomic mass is 35.5. The van der Waals surface area contributed by atoms with Gasteiger partial charge in [0.25, 0.3) is 11.5 Å². The summed E-state index contributed by atoms with van der Waals surface area (Å²) < 4.78 is 0. The quantitative estimate of drug-likeness (QED) is 0.864. The Balaban J connectivity index is 3.00. The molecule has 0 aliphatic carbocycles. The topological polar surface area (TPSA) is 62.0 Å². The first-order chi connectivity index (χ1) is 8.49. The minimum atomic E-state index is -0.386. The second kappa shape index (κ2) is 6.59. The molecule has 4 nitrogen and oxygen atoms in total. The van der Waals surface area contributed by atoms with Crippen LogP contribution in [0.5, 0.6) is 0 Å². The lowest BCUT2D eigenvalue weighted by molar-refractivity contribution is 0.0937. The summed E-state index contributed by atoms with van der Waals surface area (Å²) in [7, 11) is 0. The Bertz CT molecular complexity index is 482. The van der Waals surface area contributed by atoms with Gasteiger partial charge in [-0.2, -0.15) is 0 Å². The maximum Gasteiger partial charge on any atom is 0.261 e. The van der Waals surface area contributed by atoms with Gasteiger partial charge in [0.1, 0.15) is 5.56 Å². The van der Waals surface area contributed by atoms with Crippen LogP contribution in [0.4, 0.5) is 0 Å². The van der Waals surface area contributed by atoms with Gasteiger partial charge in [0.2, 0.25) is 0 Å². The number of hydrogen-bond donors (Lipinski definition) is 2. The molecule has 0 aliphatic heterocycles. The zero-order chi connectivity index (χ0) is 13.7. The van der Waals surface area contributed by atoms with Gasteiger partial charge in [0, 0.05) is 11.7 Å². The van der Waals surface area contributed by atoms with Crippen molar-refractivity contribution in [3.8, 4) is 0 Å². The lowest BCUT2D eigenvalue weighted by Crippen LogP contribution is -2.35. The van der Waals surface area contributed by atoms with Gasteiger partial charge in [-0.25, -0.2) is 0 Å². The van der Waals surface area contributed by atoms with Crippen molar-refractivity contribution < 1.29 is 4.79 Å². The summed E-state index contributed by atoms with van der Waals surface area (Å²) in [6.45, 7) is 5.85. The Morgan fingerprint density at radius 2 is 2.17 bits per heavy atom. The summed E-state index contributed by atoms with van der Waals surface area (Å²) in [4.78, 5) is 26.3. The molecule has 2 N–H and O–H groups in total. The Hall–Kier alpha value is -1.29. The number of halogens is 1. The molecular formula is C13H19ClN2O2. The first-order valence-corrected chi connectivity index (χ1v) is 6.59. The number of hydrogen-bond acceptors (Lipinski definition) is 2. The number of aromatic amines is 1. The summed E-state index contributed by atoms with van der Waals surface area (Å²) in [6.07, 6.45) is 2.39. The van der Waals surface area contributed by atoms with Crippen LogP contribution in [0.1, 0.15) is 49.7 Å². The monoisotopic (exact) mass is 270 g/mol.